The molecule has 0 radical (unpaired) electrons. The second-order valence-corrected chi connectivity index (χ2v) is 4.37. The Hall–Kier alpha value is -1.42. The number of nitrogens with zero attached hydrogens (tertiary/aromatic N) is 2. The summed E-state index contributed by atoms with van der Waals surface area (Å²) in [5, 5.41) is 3.33. The van der Waals surface area contributed by atoms with Crippen LogP contribution in [0.25, 0.3) is 5.65 Å². The van der Waals surface area contributed by atoms with Crippen LogP contribution in [-0.4, -0.2) is 22.5 Å². The van der Waals surface area contributed by atoms with Crippen LogP contribution in [0.3, 0.4) is 0 Å². The first-order chi connectivity index (χ1) is 7.83. The quantitative estimate of drug-likeness (QED) is 0.778. The van der Waals surface area contributed by atoms with Crippen LogP contribution in [0.5, 0.6) is 0 Å². The van der Waals surface area contributed by atoms with Crippen molar-refractivity contribution in [3.8, 4) is 0 Å². The molecule has 1 aliphatic heterocycles. The van der Waals surface area contributed by atoms with Crippen LogP contribution in [0, 0.1) is 11.9 Å². The van der Waals surface area contributed by atoms with Crippen LogP contribution in [0.2, 0.25) is 0 Å². The van der Waals surface area contributed by atoms with Crippen molar-refractivity contribution < 1.29 is 4.39 Å². The lowest BCUT2D eigenvalue weighted by molar-refractivity contribution is 0.562. The molecule has 1 aliphatic rings. The van der Waals surface area contributed by atoms with Gasteiger partial charge in [-0.25, -0.2) is 4.98 Å². The normalized spacial score (nSPS) is 20.7. The van der Waals surface area contributed by atoms with E-state index in [9.17, 15) is 4.39 Å². The standard InChI is InChI=1S/C12H14FN3/c13-11-2-1-3-12-15-10(8-16(11)12)6-9-4-5-14-7-9/h1-3,8-9,14H,4-7H2. The number of halogens is 1. The summed E-state index contributed by atoms with van der Waals surface area (Å²) in [4.78, 5) is 4.43. The molecule has 0 spiro atoms. The van der Waals surface area contributed by atoms with Crippen molar-refractivity contribution in [1.82, 2.24) is 14.7 Å². The highest BCUT2D eigenvalue weighted by Crippen LogP contribution is 2.16. The second kappa shape index (κ2) is 3.87. The van der Waals surface area contributed by atoms with Crippen molar-refractivity contribution in [3.05, 3.63) is 36.0 Å². The molecule has 0 aromatic carbocycles. The first-order valence-electron chi connectivity index (χ1n) is 5.66. The summed E-state index contributed by atoms with van der Waals surface area (Å²) in [6, 6.07) is 4.98. The lowest BCUT2D eigenvalue weighted by atomic mass is 10.0. The predicted octanol–water partition coefficient (Wildman–Crippen LogP) is 1.63. The zero-order valence-electron chi connectivity index (χ0n) is 8.99. The van der Waals surface area contributed by atoms with Crippen molar-refractivity contribution in [2.75, 3.05) is 13.1 Å². The van der Waals surface area contributed by atoms with Gasteiger partial charge in [0.25, 0.3) is 0 Å². The molecule has 0 bridgehead atoms. The molecule has 1 N–H and O–H groups in total. The summed E-state index contributed by atoms with van der Waals surface area (Å²) in [5.41, 5.74) is 1.68. The van der Waals surface area contributed by atoms with E-state index in [2.05, 4.69) is 10.3 Å². The maximum absolute atomic E-state index is 13.4. The third kappa shape index (κ3) is 1.69. The Morgan fingerprint density at radius 1 is 1.50 bits per heavy atom. The van der Waals surface area contributed by atoms with E-state index in [4.69, 9.17) is 0 Å². The lowest BCUT2D eigenvalue weighted by Crippen LogP contribution is -2.10. The fourth-order valence-corrected chi connectivity index (χ4v) is 2.31. The van der Waals surface area contributed by atoms with E-state index in [-0.39, 0.29) is 5.95 Å². The summed E-state index contributed by atoms with van der Waals surface area (Å²) in [6.45, 7) is 2.14. The van der Waals surface area contributed by atoms with Gasteiger partial charge in [-0.15, -0.1) is 0 Å². The molecule has 0 saturated carbocycles. The molecule has 3 nitrogen and oxygen atoms in total. The van der Waals surface area contributed by atoms with Crippen LogP contribution in [0.15, 0.2) is 24.4 Å². The number of hydrogen-bond donors (Lipinski definition) is 1. The van der Waals surface area contributed by atoms with Crippen LogP contribution >= 0.6 is 0 Å². The van der Waals surface area contributed by atoms with Crippen molar-refractivity contribution in [3.63, 3.8) is 0 Å². The number of pyridine rings is 1. The Labute approximate surface area is 93.3 Å². The van der Waals surface area contributed by atoms with Gasteiger partial charge in [0.05, 0.1) is 5.69 Å². The van der Waals surface area contributed by atoms with E-state index in [1.807, 2.05) is 12.3 Å². The molecule has 0 amide bonds. The monoisotopic (exact) mass is 219 g/mol. The minimum Gasteiger partial charge on any atom is -0.316 e. The number of rotatable bonds is 2. The molecule has 1 atom stereocenters. The fraction of sp³-hybridized carbons (Fsp3) is 0.417. The number of fused-ring (bicyclic) bond motifs is 1. The molecule has 1 fully saturated rings. The van der Waals surface area contributed by atoms with Gasteiger partial charge in [-0.2, -0.15) is 4.39 Å². The van der Waals surface area contributed by atoms with E-state index in [1.165, 1.54) is 16.9 Å². The largest absolute Gasteiger partial charge is 0.316 e. The molecule has 1 unspecified atom stereocenters. The molecule has 4 heteroatoms. The van der Waals surface area contributed by atoms with Gasteiger partial charge in [-0.3, -0.25) is 4.40 Å². The van der Waals surface area contributed by atoms with Crippen LogP contribution in [0.4, 0.5) is 4.39 Å². The summed E-state index contributed by atoms with van der Waals surface area (Å²) in [6.07, 6.45) is 3.94. The van der Waals surface area contributed by atoms with Crippen LogP contribution in [-0.2, 0) is 6.42 Å². The maximum Gasteiger partial charge on any atom is 0.199 e. The van der Waals surface area contributed by atoms with Gasteiger partial charge >= 0.3 is 0 Å². The molecule has 2 aromatic rings. The van der Waals surface area contributed by atoms with Gasteiger partial charge in [0.2, 0.25) is 0 Å². The zero-order chi connectivity index (χ0) is 11.0. The topological polar surface area (TPSA) is 29.3 Å². The van der Waals surface area contributed by atoms with Crippen LogP contribution in [0.1, 0.15) is 12.1 Å². The molecule has 3 heterocycles. The Kier molecular flexibility index (Phi) is 2.36. The summed E-state index contributed by atoms with van der Waals surface area (Å²) < 4.78 is 14.9. The smallest absolute Gasteiger partial charge is 0.199 e. The molecular weight excluding hydrogens is 205 g/mol. The summed E-state index contributed by atoms with van der Waals surface area (Å²) in [5.74, 6) is 0.397. The Morgan fingerprint density at radius 2 is 2.44 bits per heavy atom. The third-order valence-corrected chi connectivity index (χ3v) is 3.15. The van der Waals surface area contributed by atoms with Crippen molar-refractivity contribution in [1.29, 1.82) is 0 Å². The lowest BCUT2D eigenvalue weighted by Gasteiger charge is -2.03. The van der Waals surface area contributed by atoms with Gasteiger partial charge in [0.15, 0.2) is 5.95 Å². The minimum atomic E-state index is -0.249. The first-order valence-corrected chi connectivity index (χ1v) is 5.66. The van der Waals surface area contributed by atoms with Crippen molar-refractivity contribution >= 4 is 5.65 Å². The molecular formula is C12H14FN3. The van der Waals surface area contributed by atoms with E-state index >= 15 is 0 Å². The number of aromatic nitrogens is 2. The number of hydrogen-bond acceptors (Lipinski definition) is 2. The van der Waals surface area contributed by atoms with E-state index in [0.717, 1.165) is 25.2 Å². The van der Waals surface area contributed by atoms with E-state index in [0.29, 0.717) is 11.6 Å². The van der Waals surface area contributed by atoms with E-state index < -0.39 is 0 Å². The average molecular weight is 219 g/mol. The SMILES string of the molecule is Fc1cccc2nc(CC3CCNC3)cn12. The van der Waals surface area contributed by atoms with Gasteiger partial charge < -0.3 is 5.32 Å². The highest BCUT2D eigenvalue weighted by atomic mass is 19.1. The molecule has 1 saturated heterocycles. The Bertz CT molecular complexity index is 500. The highest BCUT2D eigenvalue weighted by molar-refractivity contribution is 5.39. The fourth-order valence-electron chi connectivity index (χ4n) is 2.31. The van der Waals surface area contributed by atoms with Crippen LogP contribution < -0.4 is 5.32 Å². The van der Waals surface area contributed by atoms with Crippen molar-refractivity contribution in [2.45, 2.75) is 12.8 Å². The van der Waals surface area contributed by atoms with E-state index in [1.54, 1.807) is 6.07 Å². The van der Waals surface area contributed by atoms with Crippen molar-refractivity contribution in [2.24, 2.45) is 5.92 Å². The predicted molar refractivity (Wildman–Crippen MR) is 59.8 cm³/mol. The Morgan fingerprint density at radius 3 is 3.19 bits per heavy atom. The molecule has 84 valence electrons. The Balaban J connectivity index is 1.90. The van der Waals surface area contributed by atoms with Gasteiger partial charge in [0.1, 0.15) is 5.65 Å². The number of imidazole rings is 1. The minimum absolute atomic E-state index is 0.249. The molecule has 16 heavy (non-hydrogen) atoms. The second-order valence-electron chi connectivity index (χ2n) is 4.37. The van der Waals surface area contributed by atoms with Gasteiger partial charge in [-0.05, 0) is 44.0 Å². The summed E-state index contributed by atoms with van der Waals surface area (Å²) >= 11 is 0. The zero-order valence-corrected chi connectivity index (χ0v) is 8.99. The van der Waals surface area contributed by atoms with Gasteiger partial charge in [0, 0.05) is 6.20 Å². The summed E-state index contributed by atoms with van der Waals surface area (Å²) in [7, 11) is 0. The maximum atomic E-state index is 13.4. The number of nitrogens with one attached hydrogen (secondary N) is 1. The average Bonchev–Trinajstić information content (AvgIpc) is 2.88. The molecule has 0 aliphatic carbocycles. The first kappa shape index (κ1) is 9.78. The third-order valence-electron chi connectivity index (χ3n) is 3.15. The highest BCUT2D eigenvalue weighted by Gasteiger charge is 2.16. The van der Waals surface area contributed by atoms with Gasteiger partial charge in [-0.1, -0.05) is 6.07 Å². The molecule has 3 rings (SSSR count). The molecule has 2 aromatic heterocycles.